The van der Waals surface area contributed by atoms with Crippen LogP contribution in [0.4, 0.5) is 10.1 Å². The molecular weight excluding hydrogens is 359 g/mol. The second kappa shape index (κ2) is 7.53. The Bertz CT molecular complexity index is 882. The smallest absolute Gasteiger partial charge is 0.243 e. The first kappa shape index (κ1) is 18.5. The molecule has 0 aliphatic carbocycles. The van der Waals surface area contributed by atoms with E-state index >= 15 is 0 Å². The SMILES string of the molecule is CC(=O)Nc1ccc(S(=O)(=O)N2CCO[C@H](c3ccc(F)cc3)C2)cc1. The monoisotopic (exact) mass is 378 g/mol. The molecule has 0 radical (unpaired) electrons. The van der Waals surface area contributed by atoms with E-state index in [1.54, 1.807) is 24.3 Å². The lowest BCUT2D eigenvalue weighted by Gasteiger charge is -2.32. The zero-order valence-electron chi connectivity index (χ0n) is 14.2. The number of hydrogen-bond donors (Lipinski definition) is 1. The molecule has 1 N–H and O–H groups in total. The number of sulfonamides is 1. The van der Waals surface area contributed by atoms with Crippen LogP contribution in [0.25, 0.3) is 0 Å². The van der Waals surface area contributed by atoms with Gasteiger partial charge in [-0.15, -0.1) is 0 Å². The quantitative estimate of drug-likeness (QED) is 0.887. The van der Waals surface area contributed by atoms with Crippen molar-refractivity contribution in [3.8, 4) is 0 Å². The first-order valence-corrected chi connectivity index (χ1v) is 9.55. The van der Waals surface area contributed by atoms with Crippen molar-refractivity contribution >= 4 is 21.6 Å². The fourth-order valence-electron chi connectivity index (χ4n) is 2.79. The minimum absolute atomic E-state index is 0.145. The number of amides is 1. The van der Waals surface area contributed by atoms with E-state index in [-0.39, 0.29) is 36.3 Å². The molecule has 1 amide bonds. The minimum Gasteiger partial charge on any atom is -0.371 e. The molecule has 8 heteroatoms. The minimum atomic E-state index is -3.69. The molecule has 6 nitrogen and oxygen atoms in total. The number of morpholine rings is 1. The number of nitrogens with zero attached hydrogens (tertiary/aromatic N) is 1. The third kappa shape index (κ3) is 4.09. The summed E-state index contributed by atoms with van der Waals surface area (Å²) in [6, 6.07) is 11.9. The molecule has 0 bridgehead atoms. The largest absolute Gasteiger partial charge is 0.371 e. The molecule has 1 aliphatic heterocycles. The fraction of sp³-hybridized carbons (Fsp3) is 0.278. The number of carbonyl (C=O) groups is 1. The van der Waals surface area contributed by atoms with Gasteiger partial charge < -0.3 is 10.1 Å². The molecule has 0 aromatic heterocycles. The Morgan fingerprint density at radius 1 is 1.15 bits per heavy atom. The molecule has 1 saturated heterocycles. The van der Waals surface area contributed by atoms with Crippen LogP contribution in [0.2, 0.25) is 0 Å². The van der Waals surface area contributed by atoms with E-state index in [0.717, 1.165) is 5.56 Å². The van der Waals surface area contributed by atoms with Crippen molar-refractivity contribution in [1.29, 1.82) is 0 Å². The molecule has 1 heterocycles. The first-order valence-electron chi connectivity index (χ1n) is 8.11. The number of anilines is 1. The van der Waals surface area contributed by atoms with Gasteiger partial charge in [-0.3, -0.25) is 4.79 Å². The number of benzene rings is 2. The van der Waals surface area contributed by atoms with E-state index in [1.165, 1.54) is 35.5 Å². The standard InChI is InChI=1S/C18H19FN2O4S/c1-13(22)20-16-6-8-17(9-7-16)26(23,24)21-10-11-25-18(12-21)14-2-4-15(19)5-3-14/h2-9,18H,10-12H2,1H3,(H,20,22)/t18-/m0/s1. The molecule has 0 saturated carbocycles. The third-order valence-electron chi connectivity index (χ3n) is 4.08. The molecular formula is C18H19FN2O4S. The zero-order valence-corrected chi connectivity index (χ0v) is 15.0. The van der Waals surface area contributed by atoms with Gasteiger partial charge in [0.05, 0.1) is 17.6 Å². The van der Waals surface area contributed by atoms with Crippen LogP contribution in [0.5, 0.6) is 0 Å². The molecule has 1 aliphatic rings. The van der Waals surface area contributed by atoms with Gasteiger partial charge >= 0.3 is 0 Å². The molecule has 2 aromatic rings. The van der Waals surface area contributed by atoms with Gasteiger partial charge in [-0.1, -0.05) is 12.1 Å². The van der Waals surface area contributed by atoms with Crippen molar-refractivity contribution in [2.45, 2.75) is 17.9 Å². The summed E-state index contributed by atoms with van der Waals surface area (Å²) in [6.07, 6.45) is -0.447. The van der Waals surface area contributed by atoms with E-state index in [1.807, 2.05) is 0 Å². The molecule has 2 aromatic carbocycles. The molecule has 138 valence electrons. The summed E-state index contributed by atoms with van der Waals surface area (Å²) in [5, 5.41) is 2.60. The van der Waals surface area contributed by atoms with Crippen molar-refractivity contribution in [2.75, 3.05) is 25.0 Å². The van der Waals surface area contributed by atoms with Crippen molar-refractivity contribution in [3.63, 3.8) is 0 Å². The summed E-state index contributed by atoms with van der Waals surface area (Å²) >= 11 is 0. The number of nitrogens with one attached hydrogen (secondary N) is 1. The lowest BCUT2D eigenvalue weighted by Crippen LogP contribution is -2.42. The summed E-state index contributed by atoms with van der Waals surface area (Å²) in [7, 11) is -3.69. The van der Waals surface area contributed by atoms with Gasteiger partial charge in [-0.05, 0) is 42.0 Å². The Morgan fingerprint density at radius 3 is 2.42 bits per heavy atom. The lowest BCUT2D eigenvalue weighted by molar-refractivity contribution is -0.114. The maximum Gasteiger partial charge on any atom is 0.243 e. The van der Waals surface area contributed by atoms with Gasteiger partial charge in [0.15, 0.2) is 0 Å². The van der Waals surface area contributed by atoms with E-state index in [2.05, 4.69) is 5.32 Å². The number of rotatable bonds is 4. The fourth-order valence-corrected chi connectivity index (χ4v) is 4.21. The van der Waals surface area contributed by atoms with Crippen molar-refractivity contribution in [1.82, 2.24) is 4.31 Å². The van der Waals surface area contributed by atoms with Crippen LogP contribution in [0.3, 0.4) is 0 Å². The van der Waals surface area contributed by atoms with Crippen LogP contribution in [-0.4, -0.2) is 38.3 Å². The molecule has 0 spiro atoms. The maximum atomic E-state index is 13.1. The molecule has 1 atom stereocenters. The van der Waals surface area contributed by atoms with Crippen LogP contribution in [0.15, 0.2) is 53.4 Å². The third-order valence-corrected chi connectivity index (χ3v) is 5.96. The van der Waals surface area contributed by atoms with Crippen molar-refractivity contribution in [2.24, 2.45) is 0 Å². The predicted octanol–water partition coefficient (Wildman–Crippen LogP) is 2.55. The Kier molecular flexibility index (Phi) is 5.36. The molecule has 1 fully saturated rings. The zero-order chi connectivity index (χ0) is 18.7. The second-order valence-corrected chi connectivity index (χ2v) is 7.92. The van der Waals surface area contributed by atoms with E-state index in [9.17, 15) is 17.6 Å². The van der Waals surface area contributed by atoms with Gasteiger partial charge in [0, 0.05) is 25.7 Å². The Labute approximate surface area is 151 Å². The van der Waals surface area contributed by atoms with E-state index < -0.39 is 16.1 Å². The average Bonchev–Trinajstić information content (AvgIpc) is 2.62. The highest BCUT2D eigenvalue weighted by atomic mass is 32.2. The normalized spacial score (nSPS) is 18.5. The summed E-state index contributed by atoms with van der Waals surface area (Å²) in [5.41, 5.74) is 1.26. The second-order valence-electron chi connectivity index (χ2n) is 5.98. The highest BCUT2D eigenvalue weighted by Crippen LogP contribution is 2.27. The Hall–Kier alpha value is -2.29. The van der Waals surface area contributed by atoms with Crippen molar-refractivity contribution < 1.29 is 22.3 Å². The van der Waals surface area contributed by atoms with Gasteiger partial charge in [0.2, 0.25) is 15.9 Å². The Morgan fingerprint density at radius 2 is 1.81 bits per heavy atom. The average molecular weight is 378 g/mol. The topological polar surface area (TPSA) is 75.7 Å². The van der Waals surface area contributed by atoms with Gasteiger partial charge in [-0.25, -0.2) is 12.8 Å². The Balaban J connectivity index is 1.78. The molecule has 3 rings (SSSR count). The van der Waals surface area contributed by atoms with Gasteiger partial charge in [0.1, 0.15) is 5.82 Å². The highest BCUT2D eigenvalue weighted by molar-refractivity contribution is 7.89. The summed E-state index contributed by atoms with van der Waals surface area (Å²) in [5.74, 6) is -0.579. The van der Waals surface area contributed by atoms with Gasteiger partial charge in [0.25, 0.3) is 0 Å². The number of halogens is 1. The van der Waals surface area contributed by atoms with Crippen LogP contribution >= 0.6 is 0 Å². The van der Waals surface area contributed by atoms with E-state index in [4.69, 9.17) is 4.74 Å². The lowest BCUT2D eigenvalue weighted by atomic mass is 10.1. The summed E-state index contributed by atoms with van der Waals surface area (Å²) in [4.78, 5) is 11.2. The van der Waals surface area contributed by atoms with Crippen LogP contribution in [-0.2, 0) is 19.6 Å². The van der Waals surface area contributed by atoms with Crippen molar-refractivity contribution in [3.05, 3.63) is 59.9 Å². The number of ether oxygens (including phenoxy) is 1. The first-order chi connectivity index (χ1) is 12.4. The highest BCUT2D eigenvalue weighted by Gasteiger charge is 2.31. The molecule has 26 heavy (non-hydrogen) atoms. The van der Waals surface area contributed by atoms with Crippen LogP contribution < -0.4 is 5.32 Å². The van der Waals surface area contributed by atoms with Crippen LogP contribution in [0, 0.1) is 5.82 Å². The van der Waals surface area contributed by atoms with Gasteiger partial charge in [-0.2, -0.15) is 4.31 Å². The molecule has 0 unspecified atom stereocenters. The maximum absolute atomic E-state index is 13.1. The van der Waals surface area contributed by atoms with E-state index in [0.29, 0.717) is 5.69 Å². The predicted molar refractivity (Wildman–Crippen MR) is 94.6 cm³/mol. The summed E-state index contributed by atoms with van der Waals surface area (Å²) < 4.78 is 45.8. The van der Waals surface area contributed by atoms with Crippen LogP contribution in [0.1, 0.15) is 18.6 Å². The number of hydrogen-bond acceptors (Lipinski definition) is 4. The number of carbonyl (C=O) groups excluding carboxylic acids is 1. The summed E-state index contributed by atoms with van der Waals surface area (Å²) in [6.45, 7) is 2.04.